The molecule has 1 N–H and O–H groups in total. The molecule has 2 rings (SSSR count). The van der Waals surface area contributed by atoms with Gasteiger partial charge in [0.25, 0.3) is 0 Å². The summed E-state index contributed by atoms with van der Waals surface area (Å²) in [6.07, 6.45) is 1.12. The van der Waals surface area contributed by atoms with E-state index in [1.54, 1.807) is 11.8 Å². The van der Waals surface area contributed by atoms with Gasteiger partial charge in [-0.1, -0.05) is 37.3 Å². The topological polar surface area (TPSA) is 39.1 Å². The molecule has 21 heavy (non-hydrogen) atoms. The van der Waals surface area contributed by atoms with E-state index in [1.807, 2.05) is 14.0 Å². The van der Waals surface area contributed by atoms with Crippen LogP contribution in [0.5, 0.6) is 5.88 Å². The molecule has 0 aliphatic carbocycles. The molecule has 1 unspecified atom stereocenters. The lowest BCUT2D eigenvalue weighted by molar-refractivity contribution is 0.368. The number of ether oxygens (including phenoxy) is 1. The molecule has 0 saturated heterocycles. The monoisotopic (exact) mass is 287 g/mol. The standard InChI is InChI=1S/C17H25N3O/c1-13(15-8-6-5-7-9-15)10-11-18-12-16-14(2)19-20(3)17(16)21-4/h5-9,13,18H,10-12H2,1-4H3. The number of rotatable bonds is 7. The highest BCUT2D eigenvalue weighted by molar-refractivity contribution is 5.30. The van der Waals surface area contributed by atoms with Gasteiger partial charge < -0.3 is 10.1 Å². The fourth-order valence-electron chi connectivity index (χ4n) is 2.62. The average molecular weight is 287 g/mol. The van der Waals surface area contributed by atoms with Crippen molar-refractivity contribution in [1.29, 1.82) is 0 Å². The van der Waals surface area contributed by atoms with Crippen LogP contribution in [0.3, 0.4) is 0 Å². The zero-order chi connectivity index (χ0) is 15.2. The van der Waals surface area contributed by atoms with Gasteiger partial charge in [0.2, 0.25) is 5.88 Å². The highest BCUT2D eigenvalue weighted by Crippen LogP contribution is 2.21. The van der Waals surface area contributed by atoms with E-state index < -0.39 is 0 Å². The number of benzene rings is 1. The summed E-state index contributed by atoms with van der Waals surface area (Å²) in [5.74, 6) is 1.41. The van der Waals surface area contributed by atoms with Crippen molar-refractivity contribution in [2.24, 2.45) is 7.05 Å². The summed E-state index contributed by atoms with van der Waals surface area (Å²) in [4.78, 5) is 0. The Labute approximate surface area is 127 Å². The van der Waals surface area contributed by atoms with Crippen LogP contribution in [-0.4, -0.2) is 23.4 Å². The minimum Gasteiger partial charge on any atom is -0.481 e. The molecule has 4 nitrogen and oxygen atoms in total. The van der Waals surface area contributed by atoms with Crippen LogP contribution in [0.25, 0.3) is 0 Å². The molecule has 1 atom stereocenters. The Morgan fingerprint density at radius 1 is 1.29 bits per heavy atom. The van der Waals surface area contributed by atoms with Gasteiger partial charge in [0.15, 0.2) is 0 Å². The van der Waals surface area contributed by atoms with Gasteiger partial charge in [-0.3, -0.25) is 0 Å². The van der Waals surface area contributed by atoms with E-state index in [-0.39, 0.29) is 0 Å². The lowest BCUT2D eigenvalue weighted by Crippen LogP contribution is -2.17. The van der Waals surface area contributed by atoms with Crippen LogP contribution in [0.2, 0.25) is 0 Å². The van der Waals surface area contributed by atoms with Gasteiger partial charge >= 0.3 is 0 Å². The number of hydrogen-bond donors (Lipinski definition) is 1. The summed E-state index contributed by atoms with van der Waals surface area (Å²) in [5, 5.41) is 7.89. The molecule has 1 heterocycles. The largest absolute Gasteiger partial charge is 0.481 e. The Morgan fingerprint density at radius 3 is 2.67 bits per heavy atom. The molecule has 1 aromatic carbocycles. The number of hydrogen-bond acceptors (Lipinski definition) is 3. The zero-order valence-corrected chi connectivity index (χ0v) is 13.4. The van der Waals surface area contributed by atoms with Crippen LogP contribution in [0.1, 0.15) is 36.1 Å². The van der Waals surface area contributed by atoms with Crippen molar-refractivity contribution in [1.82, 2.24) is 15.1 Å². The van der Waals surface area contributed by atoms with Crippen molar-refractivity contribution < 1.29 is 4.74 Å². The van der Waals surface area contributed by atoms with Gasteiger partial charge in [0.05, 0.1) is 18.4 Å². The Morgan fingerprint density at radius 2 is 2.00 bits per heavy atom. The van der Waals surface area contributed by atoms with E-state index in [4.69, 9.17) is 4.74 Å². The highest BCUT2D eigenvalue weighted by Gasteiger charge is 2.13. The second-order valence-electron chi connectivity index (χ2n) is 5.47. The normalized spacial score (nSPS) is 12.4. The predicted molar refractivity (Wildman–Crippen MR) is 85.7 cm³/mol. The third-order valence-electron chi connectivity index (χ3n) is 3.91. The van der Waals surface area contributed by atoms with Crippen molar-refractivity contribution in [3.05, 3.63) is 47.2 Å². The van der Waals surface area contributed by atoms with Crippen LogP contribution in [0.4, 0.5) is 0 Å². The first-order valence-corrected chi connectivity index (χ1v) is 7.45. The molecule has 114 valence electrons. The summed E-state index contributed by atoms with van der Waals surface area (Å²) >= 11 is 0. The van der Waals surface area contributed by atoms with Crippen molar-refractivity contribution in [3.8, 4) is 5.88 Å². The molecule has 0 bridgehead atoms. The van der Waals surface area contributed by atoms with E-state index in [2.05, 4.69) is 47.7 Å². The molecule has 4 heteroatoms. The van der Waals surface area contributed by atoms with E-state index in [1.165, 1.54) is 5.56 Å². The first-order chi connectivity index (χ1) is 10.1. The second kappa shape index (κ2) is 7.27. The van der Waals surface area contributed by atoms with Gasteiger partial charge in [-0.2, -0.15) is 5.10 Å². The van der Waals surface area contributed by atoms with E-state index >= 15 is 0 Å². The number of aromatic nitrogens is 2. The molecule has 2 aromatic rings. The molecule has 0 spiro atoms. The fourth-order valence-corrected chi connectivity index (χ4v) is 2.62. The smallest absolute Gasteiger partial charge is 0.216 e. The lowest BCUT2D eigenvalue weighted by atomic mass is 9.98. The Kier molecular flexibility index (Phi) is 5.39. The first kappa shape index (κ1) is 15.6. The van der Waals surface area contributed by atoms with E-state index in [9.17, 15) is 0 Å². The lowest BCUT2D eigenvalue weighted by Gasteiger charge is -2.12. The molecular weight excluding hydrogens is 262 g/mol. The summed E-state index contributed by atoms with van der Waals surface area (Å²) in [7, 11) is 3.60. The number of nitrogens with zero attached hydrogens (tertiary/aromatic N) is 2. The van der Waals surface area contributed by atoms with Crippen LogP contribution in [-0.2, 0) is 13.6 Å². The van der Waals surface area contributed by atoms with Crippen LogP contribution in [0.15, 0.2) is 30.3 Å². The van der Waals surface area contributed by atoms with Gasteiger partial charge in [0.1, 0.15) is 0 Å². The average Bonchev–Trinajstić information content (AvgIpc) is 2.77. The second-order valence-corrected chi connectivity index (χ2v) is 5.47. The van der Waals surface area contributed by atoms with Gasteiger partial charge in [-0.15, -0.1) is 0 Å². The molecule has 1 aromatic heterocycles. The Bertz CT molecular complexity index is 563. The maximum Gasteiger partial charge on any atom is 0.216 e. The van der Waals surface area contributed by atoms with Crippen LogP contribution >= 0.6 is 0 Å². The van der Waals surface area contributed by atoms with Crippen molar-refractivity contribution in [2.75, 3.05) is 13.7 Å². The van der Waals surface area contributed by atoms with E-state index in [0.717, 1.165) is 36.6 Å². The molecular formula is C17H25N3O. The molecule has 0 aliphatic rings. The maximum absolute atomic E-state index is 5.40. The maximum atomic E-state index is 5.40. The van der Waals surface area contributed by atoms with Crippen LogP contribution < -0.4 is 10.1 Å². The Balaban J connectivity index is 1.83. The number of nitrogens with one attached hydrogen (secondary N) is 1. The molecule has 0 radical (unpaired) electrons. The van der Waals surface area contributed by atoms with Crippen molar-refractivity contribution in [3.63, 3.8) is 0 Å². The SMILES string of the molecule is COc1c(CNCCC(C)c2ccccc2)c(C)nn1C. The molecule has 0 saturated carbocycles. The summed E-state index contributed by atoms with van der Waals surface area (Å²) in [5.41, 5.74) is 3.57. The summed E-state index contributed by atoms with van der Waals surface area (Å²) in [6.45, 7) is 6.07. The third kappa shape index (κ3) is 3.85. The number of methoxy groups -OCH3 is 1. The quantitative estimate of drug-likeness (QED) is 0.796. The van der Waals surface area contributed by atoms with Gasteiger partial charge in [-0.05, 0) is 31.4 Å². The minimum atomic E-state index is 0.565. The molecule has 0 amide bonds. The van der Waals surface area contributed by atoms with Gasteiger partial charge in [0, 0.05) is 13.6 Å². The van der Waals surface area contributed by atoms with E-state index in [0.29, 0.717) is 5.92 Å². The summed E-state index contributed by atoms with van der Waals surface area (Å²) in [6, 6.07) is 10.6. The fraction of sp³-hybridized carbons (Fsp3) is 0.471. The first-order valence-electron chi connectivity index (χ1n) is 7.45. The zero-order valence-electron chi connectivity index (χ0n) is 13.4. The molecule has 0 aliphatic heterocycles. The number of aryl methyl sites for hydroxylation is 2. The molecule has 0 fully saturated rings. The van der Waals surface area contributed by atoms with Crippen LogP contribution in [0, 0.1) is 6.92 Å². The predicted octanol–water partition coefficient (Wildman–Crippen LogP) is 3.02. The summed E-state index contributed by atoms with van der Waals surface area (Å²) < 4.78 is 7.20. The van der Waals surface area contributed by atoms with Gasteiger partial charge in [-0.25, -0.2) is 4.68 Å². The minimum absolute atomic E-state index is 0.565. The third-order valence-corrected chi connectivity index (χ3v) is 3.91. The Hall–Kier alpha value is -1.81. The van der Waals surface area contributed by atoms with Crippen molar-refractivity contribution in [2.45, 2.75) is 32.7 Å². The van der Waals surface area contributed by atoms with Crippen molar-refractivity contribution >= 4 is 0 Å². The highest BCUT2D eigenvalue weighted by atomic mass is 16.5.